The number of benzene rings is 1. The number of nitrogens with two attached hydrogens (primary N) is 1. The van der Waals surface area contributed by atoms with Crippen molar-refractivity contribution in [1.29, 1.82) is 5.26 Å². The SMILES string of the molecule is CCC(N)Cc1cc(Cl)cc(OC)c1OCCCCC#N. The molecule has 0 aliphatic carbocycles. The third-order valence-corrected chi connectivity index (χ3v) is 3.47. The number of hydrogen-bond donors (Lipinski definition) is 1. The molecule has 1 aromatic rings. The van der Waals surface area contributed by atoms with Crippen LogP contribution in [0.25, 0.3) is 0 Å². The van der Waals surface area contributed by atoms with Crippen LogP contribution < -0.4 is 15.2 Å². The summed E-state index contributed by atoms with van der Waals surface area (Å²) in [4.78, 5) is 0. The predicted molar refractivity (Wildman–Crippen MR) is 84.9 cm³/mol. The fraction of sp³-hybridized carbons (Fsp3) is 0.562. The molecule has 0 bridgehead atoms. The van der Waals surface area contributed by atoms with Gasteiger partial charge in [-0.05, 0) is 31.7 Å². The smallest absolute Gasteiger partial charge is 0.164 e. The van der Waals surface area contributed by atoms with Crippen molar-refractivity contribution in [3.8, 4) is 17.6 Å². The summed E-state index contributed by atoms with van der Waals surface area (Å²) < 4.78 is 11.2. The largest absolute Gasteiger partial charge is 0.493 e. The van der Waals surface area contributed by atoms with Crippen molar-refractivity contribution in [2.45, 2.75) is 45.1 Å². The lowest BCUT2D eigenvalue weighted by molar-refractivity contribution is 0.283. The number of hydrogen-bond acceptors (Lipinski definition) is 4. The highest BCUT2D eigenvalue weighted by atomic mass is 35.5. The van der Waals surface area contributed by atoms with Crippen molar-refractivity contribution in [3.05, 3.63) is 22.7 Å². The molecule has 0 aliphatic heterocycles. The fourth-order valence-corrected chi connectivity index (χ4v) is 2.23. The van der Waals surface area contributed by atoms with Crippen LogP contribution in [0.15, 0.2) is 12.1 Å². The van der Waals surface area contributed by atoms with E-state index in [1.807, 2.05) is 6.07 Å². The molecule has 21 heavy (non-hydrogen) atoms. The second-order valence-corrected chi connectivity index (χ2v) is 5.37. The van der Waals surface area contributed by atoms with E-state index >= 15 is 0 Å². The maximum absolute atomic E-state index is 8.53. The molecule has 1 atom stereocenters. The van der Waals surface area contributed by atoms with Crippen LogP contribution in [0.4, 0.5) is 0 Å². The second kappa shape index (κ2) is 9.49. The predicted octanol–water partition coefficient (Wildman–Crippen LogP) is 3.70. The number of rotatable bonds is 9. The Morgan fingerprint density at radius 3 is 2.76 bits per heavy atom. The van der Waals surface area contributed by atoms with Gasteiger partial charge in [-0.3, -0.25) is 0 Å². The molecule has 0 saturated heterocycles. The first-order valence-corrected chi connectivity index (χ1v) is 7.61. The Labute approximate surface area is 131 Å². The summed E-state index contributed by atoms with van der Waals surface area (Å²) in [5.74, 6) is 1.34. The van der Waals surface area contributed by atoms with Crippen molar-refractivity contribution >= 4 is 11.6 Å². The molecule has 0 radical (unpaired) electrons. The lowest BCUT2D eigenvalue weighted by Gasteiger charge is -2.17. The van der Waals surface area contributed by atoms with E-state index in [0.29, 0.717) is 36.0 Å². The topological polar surface area (TPSA) is 68.3 Å². The van der Waals surface area contributed by atoms with E-state index in [1.54, 1.807) is 13.2 Å². The lowest BCUT2D eigenvalue weighted by Crippen LogP contribution is -2.22. The summed E-state index contributed by atoms with van der Waals surface area (Å²) in [7, 11) is 1.59. The van der Waals surface area contributed by atoms with E-state index in [-0.39, 0.29) is 6.04 Å². The first-order valence-electron chi connectivity index (χ1n) is 7.24. The third kappa shape index (κ3) is 5.82. The minimum Gasteiger partial charge on any atom is -0.493 e. The zero-order chi connectivity index (χ0) is 15.7. The van der Waals surface area contributed by atoms with Crippen LogP contribution in [-0.2, 0) is 6.42 Å². The summed E-state index contributed by atoms with van der Waals surface area (Å²) in [6, 6.07) is 5.81. The van der Waals surface area contributed by atoms with E-state index in [2.05, 4.69) is 13.0 Å². The summed E-state index contributed by atoms with van der Waals surface area (Å²) in [5, 5.41) is 9.14. The number of nitriles is 1. The van der Waals surface area contributed by atoms with Gasteiger partial charge in [0.15, 0.2) is 11.5 Å². The highest BCUT2D eigenvalue weighted by Crippen LogP contribution is 2.35. The molecule has 0 amide bonds. The van der Waals surface area contributed by atoms with Crippen molar-refractivity contribution in [3.63, 3.8) is 0 Å². The van der Waals surface area contributed by atoms with Crippen molar-refractivity contribution in [2.24, 2.45) is 5.73 Å². The van der Waals surface area contributed by atoms with Gasteiger partial charge in [0, 0.05) is 29.1 Å². The molecule has 2 N–H and O–H groups in total. The van der Waals surface area contributed by atoms with Gasteiger partial charge in [0.2, 0.25) is 0 Å². The molecule has 0 spiro atoms. The molecule has 1 aromatic carbocycles. The number of ether oxygens (including phenoxy) is 2. The average Bonchev–Trinajstić information content (AvgIpc) is 2.48. The molecule has 1 unspecified atom stereocenters. The van der Waals surface area contributed by atoms with Crippen LogP contribution in [0.3, 0.4) is 0 Å². The summed E-state index contributed by atoms with van der Waals surface area (Å²) in [5.41, 5.74) is 7.00. The molecule has 1 rings (SSSR count). The minimum absolute atomic E-state index is 0.0640. The van der Waals surface area contributed by atoms with Gasteiger partial charge in [-0.15, -0.1) is 0 Å². The Morgan fingerprint density at radius 2 is 2.14 bits per heavy atom. The van der Waals surface area contributed by atoms with E-state index in [4.69, 9.17) is 32.1 Å². The van der Waals surface area contributed by atoms with Crippen LogP contribution in [0.2, 0.25) is 5.02 Å². The van der Waals surface area contributed by atoms with Gasteiger partial charge < -0.3 is 15.2 Å². The Hall–Kier alpha value is -1.44. The van der Waals surface area contributed by atoms with Crippen molar-refractivity contribution in [1.82, 2.24) is 0 Å². The zero-order valence-corrected chi connectivity index (χ0v) is 13.4. The van der Waals surface area contributed by atoms with Crippen LogP contribution in [-0.4, -0.2) is 19.8 Å². The maximum Gasteiger partial charge on any atom is 0.164 e. The zero-order valence-electron chi connectivity index (χ0n) is 12.7. The summed E-state index contributed by atoms with van der Waals surface area (Å²) in [6.07, 6.45) is 3.79. The highest BCUT2D eigenvalue weighted by molar-refractivity contribution is 6.30. The molecule has 0 aliphatic rings. The van der Waals surface area contributed by atoms with Gasteiger partial charge in [-0.25, -0.2) is 0 Å². The van der Waals surface area contributed by atoms with Crippen molar-refractivity contribution < 1.29 is 9.47 Å². The van der Waals surface area contributed by atoms with Crippen LogP contribution >= 0.6 is 11.6 Å². The van der Waals surface area contributed by atoms with E-state index < -0.39 is 0 Å². The van der Waals surface area contributed by atoms with Crippen LogP contribution in [0.5, 0.6) is 11.5 Å². The minimum atomic E-state index is 0.0640. The normalized spacial score (nSPS) is 11.8. The van der Waals surface area contributed by atoms with Crippen molar-refractivity contribution in [2.75, 3.05) is 13.7 Å². The first kappa shape index (κ1) is 17.6. The van der Waals surface area contributed by atoms with E-state index in [1.165, 1.54) is 0 Å². The molecular weight excluding hydrogens is 288 g/mol. The Bertz CT molecular complexity index is 486. The monoisotopic (exact) mass is 310 g/mol. The number of nitrogens with zero attached hydrogens (tertiary/aromatic N) is 1. The molecule has 116 valence electrons. The van der Waals surface area contributed by atoms with Gasteiger partial charge in [-0.1, -0.05) is 18.5 Å². The standard InChI is InChI=1S/C16H23ClN2O2/c1-3-14(19)10-12-9-13(17)11-15(20-2)16(12)21-8-6-4-5-7-18/h9,11,14H,3-6,8,10,19H2,1-2H3. The number of halogens is 1. The third-order valence-electron chi connectivity index (χ3n) is 3.25. The van der Waals surface area contributed by atoms with Gasteiger partial charge in [0.1, 0.15) is 0 Å². The fourth-order valence-electron chi connectivity index (χ4n) is 2.00. The average molecular weight is 311 g/mol. The number of methoxy groups -OCH3 is 1. The molecule has 0 fully saturated rings. The lowest BCUT2D eigenvalue weighted by atomic mass is 10.0. The summed E-state index contributed by atoms with van der Waals surface area (Å²) >= 11 is 6.12. The highest BCUT2D eigenvalue weighted by Gasteiger charge is 2.15. The van der Waals surface area contributed by atoms with Crippen LogP contribution in [0, 0.1) is 11.3 Å². The molecule has 0 saturated carbocycles. The first-order chi connectivity index (χ1) is 10.1. The number of unbranched alkanes of at least 4 members (excludes halogenated alkanes) is 2. The molecule has 5 heteroatoms. The van der Waals surface area contributed by atoms with Crippen LogP contribution in [0.1, 0.15) is 38.2 Å². The quantitative estimate of drug-likeness (QED) is 0.706. The Balaban J connectivity index is 2.84. The van der Waals surface area contributed by atoms with Gasteiger partial charge in [-0.2, -0.15) is 5.26 Å². The molecule has 0 aromatic heterocycles. The van der Waals surface area contributed by atoms with Gasteiger partial charge in [0.05, 0.1) is 19.8 Å². The Morgan fingerprint density at radius 1 is 1.38 bits per heavy atom. The maximum atomic E-state index is 8.53. The van der Waals surface area contributed by atoms with Gasteiger partial charge >= 0.3 is 0 Å². The Kier molecular flexibility index (Phi) is 7.96. The van der Waals surface area contributed by atoms with E-state index in [0.717, 1.165) is 24.8 Å². The van der Waals surface area contributed by atoms with E-state index in [9.17, 15) is 0 Å². The molecular formula is C16H23ClN2O2. The second-order valence-electron chi connectivity index (χ2n) is 4.93. The molecule has 4 nitrogen and oxygen atoms in total. The summed E-state index contributed by atoms with van der Waals surface area (Å²) in [6.45, 7) is 2.60. The van der Waals surface area contributed by atoms with Gasteiger partial charge in [0.25, 0.3) is 0 Å². The molecule has 0 heterocycles.